The SMILES string of the molecule is Cc1cc(F)ccc1S(=O)(=O)Nc1cc(-c2ccccc2)nn1[C@@H]1CCS(=O)(=O)C1. The number of sulfone groups is 1. The number of anilines is 1. The van der Waals surface area contributed by atoms with Crippen LogP contribution < -0.4 is 4.72 Å². The third-order valence-electron chi connectivity index (χ3n) is 5.02. The number of hydrogen-bond acceptors (Lipinski definition) is 5. The Morgan fingerprint density at radius 1 is 1.13 bits per heavy atom. The summed E-state index contributed by atoms with van der Waals surface area (Å²) >= 11 is 0. The van der Waals surface area contributed by atoms with Crippen molar-refractivity contribution in [2.45, 2.75) is 24.3 Å². The van der Waals surface area contributed by atoms with Gasteiger partial charge in [0.25, 0.3) is 10.0 Å². The number of rotatable bonds is 5. The molecule has 0 spiro atoms. The van der Waals surface area contributed by atoms with E-state index in [9.17, 15) is 21.2 Å². The van der Waals surface area contributed by atoms with Crippen LogP contribution in [0.4, 0.5) is 10.2 Å². The minimum Gasteiger partial charge on any atom is -0.264 e. The molecule has 1 N–H and O–H groups in total. The first-order chi connectivity index (χ1) is 14.1. The van der Waals surface area contributed by atoms with E-state index in [1.807, 2.05) is 30.3 Å². The van der Waals surface area contributed by atoms with Crippen LogP contribution in [0.2, 0.25) is 0 Å². The van der Waals surface area contributed by atoms with Gasteiger partial charge in [-0.25, -0.2) is 25.9 Å². The molecule has 0 bridgehead atoms. The van der Waals surface area contributed by atoms with Crippen molar-refractivity contribution in [1.29, 1.82) is 0 Å². The predicted molar refractivity (Wildman–Crippen MR) is 112 cm³/mol. The van der Waals surface area contributed by atoms with Gasteiger partial charge in [0.05, 0.1) is 28.1 Å². The molecule has 0 radical (unpaired) electrons. The van der Waals surface area contributed by atoms with E-state index in [2.05, 4.69) is 9.82 Å². The summed E-state index contributed by atoms with van der Waals surface area (Å²) in [6.07, 6.45) is 0.350. The molecule has 1 aromatic heterocycles. The summed E-state index contributed by atoms with van der Waals surface area (Å²) < 4.78 is 67.3. The van der Waals surface area contributed by atoms with Crippen LogP contribution in [0.1, 0.15) is 18.0 Å². The molecule has 1 aliphatic rings. The normalized spacial score (nSPS) is 18.4. The van der Waals surface area contributed by atoms with Crippen molar-refractivity contribution in [2.75, 3.05) is 16.2 Å². The maximum atomic E-state index is 13.4. The Labute approximate surface area is 174 Å². The molecule has 2 aromatic carbocycles. The van der Waals surface area contributed by atoms with E-state index in [4.69, 9.17) is 0 Å². The summed E-state index contributed by atoms with van der Waals surface area (Å²) in [6.45, 7) is 1.51. The summed E-state index contributed by atoms with van der Waals surface area (Å²) in [6, 6.07) is 13.7. The zero-order valence-electron chi connectivity index (χ0n) is 16.1. The average Bonchev–Trinajstić information content (AvgIpc) is 3.24. The number of aryl methyl sites for hydroxylation is 1. The molecular formula is C20H20FN3O4S2. The molecule has 3 aromatic rings. The predicted octanol–water partition coefficient (Wildman–Crippen LogP) is 3.16. The van der Waals surface area contributed by atoms with Gasteiger partial charge in [-0.1, -0.05) is 30.3 Å². The average molecular weight is 450 g/mol. The van der Waals surface area contributed by atoms with Crippen molar-refractivity contribution in [3.63, 3.8) is 0 Å². The van der Waals surface area contributed by atoms with Crippen molar-refractivity contribution in [1.82, 2.24) is 9.78 Å². The molecule has 1 atom stereocenters. The highest BCUT2D eigenvalue weighted by atomic mass is 32.2. The van der Waals surface area contributed by atoms with Gasteiger partial charge in [-0.15, -0.1) is 0 Å². The molecule has 158 valence electrons. The van der Waals surface area contributed by atoms with Crippen molar-refractivity contribution in [3.8, 4) is 11.3 Å². The van der Waals surface area contributed by atoms with Crippen molar-refractivity contribution in [3.05, 3.63) is 66.0 Å². The Kier molecular flexibility index (Phi) is 5.15. The molecule has 0 amide bonds. The van der Waals surface area contributed by atoms with Gasteiger partial charge in [-0.05, 0) is 37.1 Å². The van der Waals surface area contributed by atoms with E-state index in [0.717, 1.165) is 17.7 Å². The van der Waals surface area contributed by atoms with Gasteiger partial charge < -0.3 is 0 Å². The van der Waals surface area contributed by atoms with Crippen molar-refractivity contribution < 1.29 is 21.2 Å². The van der Waals surface area contributed by atoms with Crippen LogP contribution in [0.25, 0.3) is 11.3 Å². The Bertz CT molecular complexity index is 1300. The number of sulfonamides is 1. The minimum absolute atomic E-state index is 0.0292. The first kappa shape index (κ1) is 20.5. The number of nitrogens with one attached hydrogen (secondary N) is 1. The molecule has 0 saturated carbocycles. The lowest BCUT2D eigenvalue weighted by atomic mass is 10.2. The number of benzene rings is 2. The summed E-state index contributed by atoms with van der Waals surface area (Å²) in [5.74, 6) is -0.437. The van der Waals surface area contributed by atoms with Crippen LogP contribution >= 0.6 is 0 Å². The summed E-state index contributed by atoms with van der Waals surface area (Å²) in [5, 5.41) is 4.51. The Balaban J connectivity index is 1.77. The number of aromatic nitrogens is 2. The standard InChI is InChI=1S/C20H20FN3O4S2/c1-14-11-16(21)7-8-19(14)30(27,28)23-20-12-18(15-5-3-2-4-6-15)22-24(20)17-9-10-29(25,26)13-17/h2-8,11-12,17,23H,9-10,13H2,1H3/t17-/m1/s1. The zero-order chi connectivity index (χ0) is 21.5. The highest BCUT2D eigenvalue weighted by molar-refractivity contribution is 7.92. The summed E-state index contributed by atoms with van der Waals surface area (Å²) in [5.41, 5.74) is 1.56. The van der Waals surface area contributed by atoms with Crippen molar-refractivity contribution >= 4 is 25.7 Å². The summed E-state index contributed by atoms with van der Waals surface area (Å²) in [7, 11) is -7.24. The van der Waals surface area contributed by atoms with Gasteiger partial charge in [0, 0.05) is 11.6 Å². The molecular weight excluding hydrogens is 429 g/mol. The van der Waals surface area contributed by atoms with Crippen LogP contribution in [-0.2, 0) is 19.9 Å². The minimum atomic E-state index is -4.04. The second kappa shape index (κ2) is 7.51. The molecule has 0 aliphatic carbocycles. The number of hydrogen-bond donors (Lipinski definition) is 1. The van der Waals surface area contributed by atoms with Crippen LogP contribution in [0.5, 0.6) is 0 Å². The second-order valence-corrected chi connectivity index (χ2v) is 11.2. The van der Waals surface area contributed by atoms with Crippen LogP contribution in [0.15, 0.2) is 59.5 Å². The van der Waals surface area contributed by atoms with E-state index < -0.39 is 31.7 Å². The largest absolute Gasteiger partial charge is 0.264 e. The van der Waals surface area contributed by atoms with Gasteiger partial charge in [0.2, 0.25) is 0 Å². The molecule has 1 saturated heterocycles. The molecule has 2 heterocycles. The fraction of sp³-hybridized carbons (Fsp3) is 0.250. The zero-order valence-corrected chi connectivity index (χ0v) is 17.7. The molecule has 0 unspecified atom stereocenters. The van der Waals surface area contributed by atoms with E-state index >= 15 is 0 Å². The smallest absolute Gasteiger partial charge is 0.263 e. The molecule has 1 fully saturated rings. The third kappa shape index (κ3) is 4.10. The van der Waals surface area contributed by atoms with E-state index in [1.54, 1.807) is 6.07 Å². The van der Waals surface area contributed by atoms with Gasteiger partial charge in [0.15, 0.2) is 9.84 Å². The lowest BCUT2D eigenvalue weighted by molar-refractivity contribution is 0.507. The Morgan fingerprint density at radius 3 is 2.50 bits per heavy atom. The first-order valence-corrected chi connectivity index (χ1v) is 12.6. The maximum absolute atomic E-state index is 13.4. The quantitative estimate of drug-likeness (QED) is 0.645. The number of nitrogens with zero attached hydrogens (tertiary/aromatic N) is 2. The van der Waals surface area contributed by atoms with Crippen molar-refractivity contribution in [2.24, 2.45) is 0 Å². The highest BCUT2D eigenvalue weighted by Gasteiger charge is 2.32. The van der Waals surface area contributed by atoms with Gasteiger partial charge in [-0.2, -0.15) is 5.10 Å². The third-order valence-corrected chi connectivity index (χ3v) is 8.29. The fourth-order valence-corrected chi connectivity index (χ4v) is 6.53. The number of halogens is 1. The van der Waals surface area contributed by atoms with E-state index in [-0.39, 0.29) is 27.8 Å². The van der Waals surface area contributed by atoms with E-state index in [1.165, 1.54) is 17.7 Å². The van der Waals surface area contributed by atoms with Gasteiger partial charge >= 0.3 is 0 Å². The molecule has 1 aliphatic heterocycles. The lowest BCUT2D eigenvalue weighted by Crippen LogP contribution is -2.20. The first-order valence-electron chi connectivity index (χ1n) is 9.29. The molecule has 7 nitrogen and oxygen atoms in total. The van der Waals surface area contributed by atoms with Gasteiger partial charge in [-0.3, -0.25) is 4.72 Å². The Hall–Kier alpha value is -2.72. The monoisotopic (exact) mass is 449 g/mol. The molecule has 4 rings (SSSR count). The topological polar surface area (TPSA) is 98.1 Å². The Morgan fingerprint density at radius 2 is 1.87 bits per heavy atom. The lowest BCUT2D eigenvalue weighted by Gasteiger charge is -2.15. The van der Waals surface area contributed by atoms with Crippen LogP contribution in [0, 0.1) is 12.7 Å². The van der Waals surface area contributed by atoms with E-state index in [0.29, 0.717) is 12.1 Å². The second-order valence-electron chi connectivity index (χ2n) is 7.30. The van der Waals surface area contributed by atoms with Gasteiger partial charge in [0.1, 0.15) is 11.6 Å². The molecule has 30 heavy (non-hydrogen) atoms. The highest BCUT2D eigenvalue weighted by Crippen LogP contribution is 2.31. The summed E-state index contributed by atoms with van der Waals surface area (Å²) in [4.78, 5) is -0.0584. The molecule has 10 heteroatoms. The maximum Gasteiger partial charge on any atom is 0.263 e. The fourth-order valence-electron chi connectivity index (χ4n) is 3.57. The van der Waals surface area contributed by atoms with Crippen LogP contribution in [0.3, 0.4) is 0 Å². The van der Waals surface area contributed by atoms with Crippen LogP contribution in [-0.4, -0.2) is 38.1 Å².